The van der Waals surface area contributed by atoms with Crippen molar-refractivity contribution in [3.63, 3.8) is 0 Å². The molecule has 1 amide bonds. The number of methoxy groups -OCH3 is 1. The molecule has 7 nitrogen and oxygen atoms in total. The molecule has 4 N–H and O–H groups in total. The largest absolute Gasteiger partial charge is 0.495 e. The number of amides is 1. The van der Waals surface area contributed by atoms with Gasteiger partial charge < -0.3 is 15.8 Å². The molecule has 2 rings (SSSR count). The second-order valence-corrected chi connectivity index (χ2v) is 8.80. The van der Waals surface area contributed by atoms with Crippen LogP contribution in [0, 0.1) is 0 Å². The van der Waals surface area contributed by atoms with Gasteiger partial charge in [0.15, 0.2) is 0 Å². The van der Waals surface area contributed by atoms with Crippen LogP contribution in [0.2, 0.25) is 0 Å². The normalized spacial score (nSPS) is 15.1. The van der Waals surface area contributed by atoms with Crippen molar-refractivity contribution in [2.45, 2.75) is 68.8 Å². The van der Waals surface area contributed by atoms with Gasteiger partial charge in [0.25, 0.3) is 5.91 Å². The summed E-state index contributed by atoms with van der Waals surface area (Å²) in [5, 5.41) is 2.97. The lowest BCUT2D eigenvalue weighted by Crippen LogP contribution is -2.52. The van der Waals surface area contributed by atoms with Crippen molar-refractivity contribution >= 4 is 28.3 Å². The molecule has 9 heteroatoms. The molecule has 1 saturated carbocycles. The van der Waals surface area contributed by atoms with Gasteiger partial charge in [-0.2, -0.15) is 0 Å². The lowest BCUT2D eigenvalue weighted by molar-refractivity contribution is 0.0895. The lowest BCUT2D eigenvalue weighted by atomic mass is 9.92. The monoisotopic (exact) mass is 433 g/mol. The number of rotatable bonds is 9. The summed E-state index contributed by atoms with van der Waals surface area (Å²) in [4.78, 5) is 12.7. The average molecular weight is 434 g/mol. The van der Waals surface area contributed by atoms with Crippen LogP contribution in [-0.2, 0) is 10.0 Å². The Bertz CT molecular complexity index is 752. The highest BCUT2D eigenvalue weighted by atomic mass is 35.5. The van der Waals surface area contributed by atoms with E-state index in [-0.39, 0.29) is 40.6 Å². The van der Waals surface area contributed by atoms with E-state index in [1.807, 2.05) is 13.8 Å². The van der Waals surface area contributed by atoms with E-state index in [1.54, 1.807) is 6.07 Å². The van der Waals surface area contributed by atoms with Gasteiger partial charge in [-0.3, -0.25) is 4.79 Å². The number of hydrogen-bond acceptors (Lipinski definition) is 5. The van der Waals surface area contributed by atoms with E-state index >= 15 is 0 Å². The molecule has 0 atom stereocenters. The first-order valence-electron chi connectivity index (χ1n) is 9.53. The first-order chi connectivity index (χ1) is 12.8. The van der Waals surface area contributed by atoms with Crippen LogP contribution in [0.3, 0.4) is 0 Å². The summed E-state index contributed by atoms with van der Waals surface area (Å²) in [5.74, 6) is -0.128. The summed E-state index contributed by atoms with van der Waals surface area (Å²) < 4.78 is 33.7. The van der Waals surface area contributed by atoms with Crippen LogP contribution in [0.25, 0.3) is 0 Å². The van der Waals surface area contributed by atoms with Crippen molar-refractivity contribution in [2.24, 2.45) is 5.73 Å². The molecule has 160 valence electrons. The van der Waals surface area contributed by atoms with Gasteiger partial charge in [-0.15, -0.1) is 12.4 Å². The molecular weight excluding hydrogens is 402 g/mol. The fraction of sp³-hybridized carbons (Fsp3) is 0.632. The van der Waals surface area contributed by atoms with E-state index in [0.717, 1.165) is 25.7 Å². The molecule has 1 fully saturated rings. The Kier molecular flexibility index (Phi) is 9.20. The molecule has 28 heavy (non-hydrogen) atoms. The maximum absolute atomic E-state index is 12.9. The number of ether oxygens (including phenoxy) is 1. The summed E-state index contributed by atoms with van der Waals surface area (Å²) in [7, 11) is -2.37. The third-order valence-electron chi connectivity index (χ3n) is 5.52. The van der Waals surface area contributed by atoms with E-state index in [0.29, 0.717) is 19.4 Å². The third-order valence-corrected chi connectivity index (χ3v) is 7.06. The number of carbonyl (C=O) groups is 1. The Morgan fingerprint density at radius 3 is 2.36 bits per heavy atom. The van der Waals surface area contributed by atoms with E-state index in [2.05, 4.69) is 10.0 Å². The van der Waals surface area contributed by atoms with Crippen LogP contribution in [-0.4, -0.2) is 39.6 Å². The Hall–Kier alpha value is -1.35. The fourth-order valence-electron chi connectivity index (χ4n) is 3.43. The second kappa shape index (κ2) is 10.4. The van der Waals surface area contributed by atoms with Crippen molar-refractivity contribution in [2.75, 3.05) is 13.7 Å². The molecule has 0 heterocycles. The molecule has 1 aliphatic rings. The first-order valence-corrected chi connectivity index (χ1v) is 11.0. The fourth-order valence-corrected chi connectivity index (χ4v) is 4.93. The smallest absolute Gasteiger partial charge is 0.251 e. The van der Waals surface area contributed by atoms with Gasteiger partial charge in [-0.05, 0) is 43.9 Å². The highest BCUT2D eigenvalue weighted by Gasteiger charge is 2.29. The Labute approximate surface area is 174 Å². The zero-order valence-corrected chi connectivity index (χ0v) is 18.4. The summed E-state index contributed by atoms with van der Waals surface area (Å²) in [6.07, 6.45) is 5.07. The van der Waals surface area contributed by atoms with Crippen molar-refractivity contribution in [1.29, 1.82) is 0 Å². The van der Waals surface area contributed by atoms with E-state index in [4.69, 9.17) is 10.5 Å². The van der Waals surface area contributed by atoms with Crippen LogP contribution >= 0.6 is 12.4 Å². The number of nitrogens with one attached hydrogen (secondary N) is 2. The van der Waals surface area contributed by atoms with Crippen LogP contribution < -0.4 is 20.5 Å². The third kappa shape index (κ3) is 5.59. The Morgan fingerprint density at radius 2 is 1.86 bits per heavy atom. The van der Waals surface area contributed by atoms with Crippen molar-refractivity contribution in [3.8, 4) is 5.75 Å². The van der Waals surface area contributed by atoms with Crippen LogP contribution in [0.1, 0.15) is 62.7 Å². The maximum Gasteiger partial charge on any atom is 0.251 e. The van der Waals surface area contributed by atoms with Crippen LogP contribution in [0.15, 0.2) is 23.1 Å². The molecule has 1 aromatic rings. The standard InChI is InChI=1S/C19H31N3O4S.ClH/c1-4-19(5-2,13-20)21-18(23)14-10-11-16(26-3)17(12-14)27(24,25)22-15-8-6-7-9-15;/h10-12,15,22H,4-9,13,20H2,1-3H3,(H,21,23);1H. The van der Waals surface area contributed by atoms with E-state index in [1.165, 1.54) is 19.2 Å². The van der Waals surface area contributed by atoms with Crippen molar-refractivity contribution in [3.05, 3.63) is 23.8 Å². The minimum atomic E-state index is -3.78. The summed E-state index contributed by atoms with van der Waals surface area (Å²) >= 11 is 0. The minimum Gasteiger partial charge on any atom is -0.495 e. The first kappa shape index (κ1) is 24.7. The maximum atomic E-state index is 12.9. The molecule has 0 aromatic heterocycles. The zero-order valence-electron chi connectivity index (χ0n) is 16.8. The van der Waals surface area contributed by atoms with Crippen molar-refractivity contribution < 1.29 is 17.9 Å². The molecule has 0 aliphatic heterocycles. The number of halogens is 1. The summed E-state index contributed by atoms with van der Waals surface area (Å²) in [6, 6.07) is 4.38. The molecule has 0 unspecified atom stereocenters. The summed E-state index contributed by atoms with van der Waals surface area (Å²) in [6.45, 7) is 4.24. The predicted octanol–water partition coefficient (Wildman–Crippen LogP) is 2.59. The number of benzene rings is 1. The van der Waals surface area contributed by atoms with Crippen molar-refractivity contribution in [1.82, 2.24) is 10.0 Å². The van der Waals surface area contributed by atoms with Crippen LogP contribution in [0.5, 0.6) is 5.75 Å². The highest BCUT2D eigenvalue weighted by Crippen LogP contribution is 2.27. The van der Waals surface area contributed by atoms with Gasteiger partial charge in [0.05, 0.1) is 12.6 Å². The zero-order chi connectivity index (χ0) is 20.1. The SMILES string of the molecule is CCC(CC)(CN)NC(=O)c1ccc(OC)c(S(=O)(=O)NC2CCCC2)c1.Cl. The molecule has 0 bridgehead atoms. The number of hydrogen-bond donors (Lipinski definition) is 3. The second-order valence-electron chi connectivity index (χ2n) is 7.11. The molecule has 1 aliphatic carbocycles. The molecular formula is C19H32ClN3O4S. The Morgan fingerprint density at radius 1 is 1.25 bits per heavy atom. The number of carbonyl (C=O) groups excluding carboxylic acids is 1. The number of nitrogens with two attached hydrogens (primary N) is 1. The lowest BCUT2D eigenvalue weighted by Gasteiger charge is -2.31. The molecule has 0 spiro atoms. The van der Waals surface area contributed by atoms with Gasteiger partial charge in [0, 0.05) is 18.2 Å². The minimum absolute atomic E-state index is 0. The van der Waals surface area contributed by atoms with Gasteiger partial charge in [0.2, 0.25) is 10.0 Å². The van der Waals surface area contributed by atoms with Gasteiger partial charge in [-0.25, -0.2) is 13.1 Å². The molecule has 1 aromatic carbocycles. The predicted molar refractivity (Wildman–Crippen MR) is 113 cm³/mol. The number of sulfonamides is 1. The van der Waals surface area contributed by atoms with Gasteiger partial charge in [0.1, 0.15) is 10.6 Å². The van der Waals surface area contributed by atoms with E-state index in [9.17, 15) is 13.2 Å². The van der Waals surface area contributed by atoms with Crippen LogP contribution in [0.4, 0.5) is 0 Å². The average Bonchev–Trinajstić information content (AvgIpc) is 3.17. The topological polar surface area (TPSA) is 111 Å². The Balaban J connectivity index is 0.00000392. The quantitative estimate of drug-likeness (QED) is 0.554. The van der Waals surface area contributed by atoms with E-state index < -0.39 is 15.6 Å². The van der Waals surface area contributed by atoms with Gasteiger partial charge >= 0.3 is 0 Å². The molecule has 0 radical (unpaired) electrons. The summed E-state index contributed by atoms with van der Waals surface area (Å²) in [5.41, 5.74) is 5.61. The highest BCUT2D eigenvalue weighted by molar-refractivity contribution is 7.89. The molecule has 0 saturated heterocycles. The van der Waals surface area contributed by atoms with Gasteiger partial charge in [-0.1, -0.05) is 26.7 Å².